The van der Waals surface area contributed by atoms with Gasteiger partial charge in [0.05, 0.1) is 0 Å². The summed E-state index contributed by atoms with van der Waals surface area (Å²) in [6.45, 7) is 21.4. The molecule has 4 aliphatic carbocycles. The Morgan fingerprint density at radius 3 is 2.53 bits per heavy atom. The fraction of sp³-hybridized carbons (Fsp3) is 0.871. The Balaban J connectivity index is 1.25. The third-order valence-corrected chi connectivity index (χ3v) is 12.3. The largest absolute Gasteiger partial charge is 0.374 e. The fourth-order valence-electron chi connectivity index (χ4n) is 10.3. The van der Waals surface area contributed by atoms with Gasteiger partial charge in [-0.3, -0.25) is 0 Å². The molecule has 180 valence electrons. The number of allylic oxidation sites excluding steroid dienone is 1. The zero-order valence-corrected chi connectivity index (χ0v) is 21.7. The van der Waals surface area contributed by atoms with Gasteiger partial charge >= 0.3 is 0 Å². The molecule has 1 saturated heterocycles. The van der Waals surface area contributed by atoms with Crippen molar-refractivity contribution in [3.05, 3.63) is 24.9 Å². The normalized spacial score (nSPS) is 47.1. The van der Waals surface area contributed by atoms with Gasteiger partial charge in [0, 0.05) is 24.7 Å². The van der Waals surface area contributed by atoms with E-state index in [2.05, 4.69) is 51.8 Å². The van der Waals surface area contributed by atoms with E-state index in [4.69, 9.17) is 0 Å². The highest BCUT2D eigenvalue weighted by molar-refractivity contribution is 5.11. The van der Waals surface area contributed by atoms with E-state index in [0.29, 0.717) is 16.7 Å². The third kappa shape index (κ3) is 3.54. The van der Waals surface area contributed by atoms with Crippen molar-refractivity contribution < 1.29 is 0 Å². The molecule has 1 nitrogen and oxygen atoms in total. The molecule has 1 aliphatic heterocycles. The first-order valence-corrected chi connectivity index (χ1v) is 14.3. The maximum Gasteiger partial charge on any atom is 0.0254 e. The summed E-state index contributed by atoms with van der Waals surface area (Å²) >= 11 is 0. The monoisotopic (exact) mass is 437 g/mol. The molecule has 0 aromatic rings. The van der Waals surface area contributed by atoms with E-state index in [1.54, 1.807) is 0 Å². The van der Waals surface area contributed by atoms with Crippen molar-refractivity contribution in [2.24, 2.45) is 58.2 Å². The molecule has 9 unspecified atom stereocenters. The average Bonchev–Trinajstić information content (AvgIpc) is 3.09. The molecular formula is C31H51N. The van der Waals surface area contributed by atoms with Crippen LogP contribution in [0.15, 0.2) is 24.9 Å². The quantitative estimate of drug-likeness (QED) is 0.377. The van der Waals surface area contributed by atoms with Gasteiger partial charge in [-0.05, 0) is 110 Å². The Hall–Kier alpha value is -0.720. The molecule has 5 aliphatic rings. The van der Waals surface area contributed by atoms with Gasteiger partial charge in [-0.2, -0.15) is 0 Å². The summed E-state index contributed by atoms with van der Waals surface area (Å²) in [5.41, 5.74) is 2.65. The standard InChI is InChI=1S/C31H51N/c1-7-24-19-32(20-24)23(4)12-11-21(2)26-13-14-27-29-22(3)18-25-10-8-9-16-30(25,5)28(29)15-17-31(26,27)6/h7,21-22,24-29H,1,4,8-20H2,2-3,5-6H3. The van der Waals surface area contributed by atoms with Gasteiger partial charge in [-0.1, -0.05) is 53.2 Å². The number of likely N-dealkylation sites (tertiary alicyclic amines) is 1. The van der Waals surface area contributed by atoms with Gasteiger partial charge in [0.15, 0.2) is 0 Å². The third-order valence-electron chi connectivity index (χ3n) is 12.3. The van der Waals surface area contributed by atoms with Crippen LogP contribution in [-0.4, -0.2) is 18.0 Å². The first-order valence-electron chi connectivity index (χ1n) is 14.3. The van der Waals surface area contributed by atoms with E-state index in [1.807, 2.05) is 0 Å². The van der Waals surface area contributed by atoms with Crippen molar-refractivity contribution in [1.29, 1.82) is 0 Å². The molecule has 0 aromatic carbocycles. The lowest BCUT2D eigenvalue weighted by atomic mass is 9.42. The molecule has 0 spiro atoms. The second-order valence-electron chi connectivity index (χ2n) is 13.7. The van der Waals surface area contributed by atoms with Gasteiger partial charge in [0.25, 0.3) is 0 Å². The molecule has 0 radical (unpaired) electrons. The van der Waals surface area contributed by atoms with Crippen molar-refractivity contribution in [2.45, 2.75) is 98.3 Å². The molecule has 0 bridgehead atoms. The van der Waals surface area contributed by atoms with Gasteiger partial charge in [-0.15, -0.1) is 6.58 Å². The van der Waals surface area contributed by atoms with E-state index < -0.39 is 0 Å². The van der Waals surface area contributed by atoms with Crippen LogP contribution in [0.4, 0.5) is 0 Å². The van der Waals surface area contributed by atoms with Crippen LogP contribution in [0.5, 0.6) is 0 Å². The summed E-state index contributed by atoms with van der Waals surface area (Å²) in [6, 6.07) is 0. The minimum atomic E-state index is 0.596. The lowest BCUT2D eigenvalue weighted by molar-refractivity contribution is -0.137. The molecular weight excluding hydrogens is 386 g/mol. The predicted molar refractivity (Wildman–Crippen MR) is 137 cm³/mol. The van der Waals surface area contributed by atoms with Crippen LogP contribution in [0.25, 0.3) is 0 Å². The lowest BCUT2D eigenvalue weighted by Gasteiger charge is -2.62. The molecule has 9 atom stereocenters. The molecule has 5 fully saturated rings. The van der Waals surface area contributed by atoms with Crippen LogP contribution in [0, 0.1) is 58.2 Å². The number of hydrogen-bond donors (Lipinski definition) is 0. The predicted octanol–water partition coefficient (Wildman–Crippen LogP) is 8.33. The zero-order chi connectivity index (χ0) is 22.7. The Morgan fingerprint density at radius 2 is 1.78 bits per heavy atom. The van der Waals surface area contributed by atoms with Crippen LogP contribution < -0.4 is 0 Å². The minimum absolute atomic E-state index is 0.596. The van der Waals surface area contributed by atoms with Gasteiger partial charge in [0.1, 0.15) is 0 Å². The minimum Gasteiger partial charge on any atom is -0.374 e. The van der Waals surface area contributed by atoms with Crippen LogP contribution in [0.2, 0.25) is 0 Å². The topological polar surface area (TPSA) is 3.24 Å². The Morgan fingerprint density at radius 1 is 1.03 bits per heavy atom. The van der Waals surface area contributed by atoms with Crippen molar-refractivity contribution in [3.8, 4) is 0 Å². The smallest absolute Gasteiger partial charge is 0.0254 e. The van der Waals surface area contributed by atoms with E-state index in [-0.39, 0.29) is 0 Å². The van der Waals surface area contributed by atoms with Gasteiger partial charge in [-0.25, -0.2) is 0 Å². The van der Waals surface area contributed by atoms with Crippen LogP contribution >= 0.6 is 0 Å². The summed E-state index contributed by atoms with van der Waals surface area (Å²) in [7, 11) is 0. The summed E-state index contributed by atoms with van der Waals surface area (Å²) < 4.78 is 0. The molecule has 1 heterocycles. The number of hydrogen-bond acceptors (Lipinski definition) is 1. The Bertz CT molecular complexity index is 718. The van der Waals surface area contributed by atoms with Crippen molar-refractivity contribution in [2.75, 3.05) is 13.1 Å². The maximum atomic E-state index is 4.44. The highest BCUT2D eigenvalue weighted by Gasteiger charge is 2.61. The maximum absolute atomic E-state index is 4.44. The van der Waals surface area contributed by atoms with Crippen molar-refractivity contribution >= 4 is 0 Å². The van der Waals surface area contributed by atoms with Gasteiger partial charge < -0.3 is 4.90 Å². The number of rotatable bonds is 6. The highest BCUT2D eigenvalue weighted by atomic mass is 15.2. The van der Waals surface area contributed by atoms with Crippen molar-refractivity contribution in [3.63, 3.8) is 0 Å². The second kappa shape index (κ2) is 8.49. The number of nitrogens with zero attached hydrogens (tertiary/aromatic N) is 1. The summed E-state index contributed by atoms with van der Waals surface area (Å²) in [4.78, 5) is 2.49. The fourth-order valence-corrected chi connectivity index (χ4v) is 10.3. The first kappa shape index (κ1) is 23.0. The first-order chi connectivity index (χ1) is 15.3. The molecule has 0 amide bonds. The van der Waals surface area contributed by atoms with E-state index >= 15 is 0 Å². The summed E-state index contributed by atoms with van der Waals surface area (Å²) in [6.07, 6.45) is 18.3. The SMILES string of the molecule is C=CC1CN(C(=C)CCC(C)C2CCC3C4C(C)CC5CCCCC5(C)C4CCC23C)C1. The van der Waals surface area contributed by atoms with E-state index in [1.165, 1.54) is 76.3 Å². The van der Waals surface area contributed by atoms with Crippen molar-refractivity contribution in [1.82, 2.24) is 4.90 Å². The number of fused-ring (bicyclic) bond motifs is 5. The molecule has 4 saturated carbocycles. The molecule has 32 heavy (non-hydrogen) atoms. The second-order valence-corrected chi connectivity index (χ2v) is 13.7. The molecule has 1 heteroatoms. The van der Waals surface area contributed by atoms with E-state index in [0.717, 1.165) is 54.5 Å². The van der Waals surface area contributed by atoms with E-state index in [9.17, 15) is 0 Å². The van der Waals surface area contributed by atoms with Gasteiger partial charge in [0.2, 0.25) is 0 Å². The van der Waals surface area contributed by atoms with Crippen LogP contribution in [-0.2, 0) is 0 Å². The molecule has 0 aromatic heterocycles. The lowest BCUT2D eigenvalue weighted by Crippen LogP contribution is -2.55. The summed E-state index contributed by atoms with van der Waals surface area (Å²) in [5, 5.41) is 0. The zero-order valence-electron chi connectivity index (χ0n) is 21.7. The highest BCUT2D eigenvalue weighted by Crippen LogP contribution is 2.69. The Labute approximate surface area is 199 Å². The average molecular weight is 438 g/mol. The van der Waals surface area contributed by atoms with Crippen LogP contribution in [0.3, 0.4) is 0 Å². The summed E-state index contributed by atoms with van der Waals surface area (Å²) in [5.74, 6) is 7.48. The molecule has 0 N–H and O–H groups in total. The molecule has 5 rings (SSSR count). The van der Waals surface area contributed by atoms with Crippen LogP contribution in [0.1, 0.15) is 98.3 Å². The Kier molecular flexibility index (Phi) is 6.12.